The first-order chi connectivity index (χ1) is 13.0. The number of ether oxygens (including phenoxy) is 1. The fourth-order valence-electron chi connectivity index (χ4n) is 4.37. The predicted molar refractivity (Wildman–Crippen MR) is 116 cm³/mol. The van der Waals surface area contributed by atoms with Crippen LogP contribution in [0.4, 0.5) is 0 Å². The van der Waals surface area contributed by atoms with Crippen LogP contribution in [-0.2, 0) is 14.0 Å². The van der Waals surface area contributed by atoms with E-state index >= 15 is 0 Å². The summed E-state index contributed by atoms with van der Waals surface area (Å²) in [4.78, 5) is 15.6. The first-order valence-electron chi connectivity index (χ1n) is 10.6. The number of nitrogens with zero attached hydrogens (tertiary/aromatic N) is 3. The molecule has 0 unspecified atom stereocenters. The largest absolute Gasteiger partial charge is 0.462 e. The van der Waals surface area contributed by atoms with Crippen molar-refractivity contribution in [2.75, 3.05) is 0 Å². The van der Waals surface area contributed by atoms with Gasteiger partial charge in [0, 0.05) is 22.7 Å². The van der Waals surface area contributed by atoms with Gasteiger partial charge < -0.3 is 14.3 Å². The molecule has 0 aromatic rings. The molecule has 0 spiro atoms. The van der Waals surface area contributed by atoms with Gasteiger partial charge in [-0.05, 0) is 57.3 Å². The van der Waals surface area contributed by atoms with E-state index in [0.29, 0.717) is 19.3 Å². The van der Waals surface area contributed by atoms with Crippen molar-refractivity contribution in [1.29, 1.82) is 0 Å². The number of aliphatic hydroxyl groups is 1. The Morgan fingerprint density at radius 1 is 1.21 bits per heavy atom. The zero-order valence-corrected chi connectivity index (χ0v) is 20.5. The van der Waals surface area contributed by atoms with Gasteiger partial charge in [0.15, 0.2) is 8.32 Å². The number of fused-ring (bicyclic) bond motifs is 1. The van der Waals surface area contributed by atoms with Crippen molar-refractivity contribution in [3.63, 3.8) is 0 Å². The van der Waals surface area contributed by atoms with E-state index in [1.807, 2.05) is 20.8 Å². The van der Waals surface area contributed by atoms with E-state index < -0.39 is 25.9 Å². The predicted octanol–water partition coefficient (Wildman–Crippen LogP) is 5.19. The first kappa shape index (κ1) is 24.2. The Morgan fingerprint density at radius 2 is 1.79 bits per heavy atom. The summed E-state index contributed by atoms with van der Waals surface area (Å²) in [7, 11) is -2.06. The molecule has 6 atom stereocenters. The molecule has 2 saturated carbocycles. The quantitative estimate of drug-likeness (QED) is 0.220. The lowest BCUT2D eigenvalue weighted by Crippen LogP contribution is -2.52. The SMILES string of the molecule is CC(C)(C)C(=O)O[C@H]1C[C@H](O[Si](C)(C)C(C)(C)C)[C@@]2(C)C[C@H](O)[C@@H](N=[N+]=[N-])C[C@H]12. The Labute approximate surface area is 176 Å². The number of carbonyl (C=O) groups excluding carboxylic acids is 1. The summed E-state index contributed by atoms with van der Waals surface area (Å²) in [5, 5.41) is 14.5. The standard InChI is InChI=1S/C21H39N3O4Si/c1-19(2,3)18(26)27-16-11-17(28-29(8,9)20(4,5)6)21(7)12-15(25)14(23-24-22)10-13(16)21/h13-17,25H,10-12H2,1-9H3/t13-,14+,15+,16+,17+,21+/m1/s1. The van der Waals surface area contributed by atoms with Gasteiger partial charge in [0.25, 0.3) is 0 Å². The Bertz CT molecular complexity index is 678. The van der Waals surface area contributed by atoms with Gasteiger partial charge in [0.05, 0.1) is 23.7 Å². The molecule has 2 rings (SSSR count). The maximum absolute atomic E-state index is 12.6. The molecular formula is C21H39N3O4Si. The second-order valence-electron chi connectivity index (χ2n) is 11.7. The van der Waals surface area contributed by atoms with Gasteiger partial charge in [-0.1, -0.05) is 32.8 Å². The van der Waals surface area contributed by atoms with Crippen molar-refractivity contribution in [1.82, 2.24) is 0 Å². The van der Waals surface area contributed by atoms with Gasteiger partial charge in [0.1, 0.15) is 6.10 Å². The van der Waals surface area contributed by atoms with Gasteiger partial charge in [-0.3, -0.25) is 4.79 Å². The van der Waals surface area contributed by atoms with E-state index in [4.69, 9.17) is 14.7 Å². The van der Waals surface area contributed by atoms with E-state index in [9.17, 15) is 9.90 Å². The molecule has 0 heterocycles. The van der Waals surface area contributed by atoms with E-state index in [2.05, 4.69) is 50.8 Å². The molecule has 0 saturated heterocycles. The molecular weight excluding hydrogens is 386 g/mol. The minimum absolute atomic E-state index is 0.0116. The maximum atomic E-state index is 12.6. The normalized spacial score (nSPS) is 35.6. The van der Waals surface area contributed by atoms with Gasteiger partial charge in [-0.25, -0.2) is 0 Å². The molecule has 29 heavy (non-hydrogen) atoms. The van der Waals surface area contributed by atoms with Crippen LogP contribution < -0.4 is 0 Å². The summed E-state index contributed by atoms with van der Waals surface area (Å²) >= 11 is 0. The second kappa shape index (κ2) is 7.87. The van der Waals surface area contributed by atoms with Crippen LogP contribution in [-0.4, -0.2) is 43.7 Å². The minimum Gasteiger partial charge on any atom is -0.462 e. The van der Waals surface area contributed by atoms with Crippen LogP contribution in [0.2, 0.25) is 18.1 Å². The molecule has 2 aliphatic carbocycles. The highest BCUT2D eigenvalue weighted by atomic mass is 28.4. The lowest BCUT2D eigenvalue weighted by molar-refractivity contribution is -0.162. The summed E-state index contributed by atoms with van der Waals surface area (Å²) < 4.78 is 12.8. The highest BCUT2D eigenvalue weighted by molar-refractivity contribution is 6.74. The summed E-state index contributed by atoms with van der Waals surface area (Å²) in [6.07, 6.45) is 0.476. The summed E-state index contributed by atoms with van der Waals surface area (Å²) in [5.41, 5.74) is 7.97. The molecule has 8 heteroatoms. The first-order valence-corrected chi connectivity index (χ1v) is 13.5. The number of azide groups is 1. The Hall–Kier alpha value is -1.08. The zero-order valence-electron chi connectivity index (χ0n) is 19.5. The van der Waals surface area contributed by atoms with E-state index in [1.54, 1.807) is 0 Å². The van der Waals surface area contributed by atoms with Crippen LogP contribution in [0, 0.1) is 16.7 Å². The van der Waals surface area contributed by atoms with Crippen LogP contribution in [0.3, 0.4) is 0 Å². The van der Waals surface area contributed by atoms with Crippen LogP contribution in [0.15, 0.2) is 5.11 Å². The third kappa shape index (κ3) is 4.81. The molecule has 2 aliphatic rings. The number of esters is 1. The average molecular weight is 426 g/mol. The molecule has 7 nitrogen and oxygen atoms in total. The number of hydrogen-bond donors (Lipinski definition) is 1. The maximum Gasteiger partial charge on any atom is 0.311 e. The monoisotopic (exact) mass is 425 g/mol. The van der Waals surface area contributed by atoms with Gasteiger partial charge in [0.2, 0.25) is 0 Å². The van der Waals surface area contributed by atoms with Crippen LogP contribution in [0.25, 0.3) is 10.4 Å². The van der Waals surface area contributed by atoms with Crippen molar-refractivity contribution in [2.24, 2.45) is 21.9 Å². The van der Waals surface area contributed by atoms with Crippen molar-refractivity contribution in [3.8, 4) is 0 Å². The molecule has 0 radical (unpaired) electrons. The van der Waals surface area contributed by atoms with Crippen molar-refractivity contribution in [3.05, 3.63) is 10.4 Å². The van der Waals surface area contributed by atoms with E-state index in [0.717, 1.165) is 0 Å². The molecule has 0 amide bonds. The number of hydrogen-bond acceptors (Lipinski definition) is 5. The summed E-state index contributed by atoms with van der Waals surface area (Å²) in [6, 6.07) is -0.500. The summed E-state index contributed by atoms with van der Waals surface area (Å²) in [6.45, 7) is 18.7. The topological polar surface area (TPSA) is 105 Å². The van der Waals surface area contributed by atoms with Crippen molar-refractivity contribution in [2.45, 2.75) is 110 Å². The minimum atomic E-state index is -2.06. The van der Waals surface area contributed by atoms with Crippen LogP contribution in [0.1, 0.15) is 67.7 Å². The van der Waals surface area contributed by atoms with Gasteiger partial charge in [-0.15, -0.1) is 0 Å². The number of aliphatic hydroxyl groups excluding tert-OH is 1. The molecule has 1 N–H and O–H groups in total. The van der Waals surface area contributed by atoms with Gasteiger partial charge in [-0.2, -0.15) is 0 Å². The highest BCUT2D eigenvalue weighted by Gasteiger charge is 2.60. The number of rotatable bonds is 4. The number of carbonyl (C=O) groups is 1. The zero-order chi connectivity index (χ0) is 22.4. The van der Waals surface area contributed by atoms with E-state index in [-0.39, 0.29) is 34.5 Å². The van der Waals surface area contributed by atoms with Gasteiger partial charge >= 0.3 is 5.97 Å². The Kier molecular flexibility index (Phi) is 6.57. The summed E-state index contributed by atoms with van der Waals surface area (Å²) in [5.74, 6) is -0.244. The molecule has 0 aromatic heterocycles. The fraction of sp³-hybridized carbons (Fsp3) is 0.952. The molecule has 0 bridgehead atoms. The smallest absolute Gasteiger partial charge is 0.311 e. The molecule has 2 fully saturated rings. The molecule has 0 aromatic carbocycles. The van der Waals surface area contributed by atoms with Crippen LogP contribution in [0.5, 0.6) is 0 Å². The Morgan fingerprint density at radius 3 is 2.28 bits per heavy atom. The highest BCUT2D eigenvalue weighted by Crippen LogP contribution is 2.56. The average Bonchev–Trinajstić information content (AvgIpc) is 2.77. The van der Waals surface area contributed by atoms with Crippen LogP contribution >= 0.6 is 0 Å². The third-order valence-corrected chi connectivity index (χ3v) is 11.9. The van der Waals surface area contributed by atoms with Crippen molar-refractivity contribution < 1.29 is 19.1 Å². The van der Waals surface area contributed by atoms with Crippen molar-refractivity contribution >= 4 is 14.3 Å². The molecule has 166 valence electrons. The van der Waals surface area contributed by atoms with E-state index in [1.165, 1.54) is 0 Å². The third-order valence-electron chi connectivity index (χ3n) is 7.38. The second-order valence-corrected chi connectivity index (χ2v) is 16.4. The lowest BCUT2D eigenvalue weighted by Gasteiger charge is -2.48. The Balaban J connectivity index is 2.37. The molecule has 0 aliphatic heterocycles. The fourth-order valence-corrected chi connectivity index (χ4v) is 5.80. The lowest BCUT2D eigenvalue weighted by atomic mass is 9.65.